The van der Waals surface area contributed by atoms with Gasteiger partial charge in [0.1, 0.15) is 11.1 Å². The first kappa shape index (κ1) is 16.9. The molecule has 7 heteroatoms. The fourth-order valence-corrected chi connectivity index (χ4v) is 1.66. The number of aromatic carboxylic acids is 1. The first-order chi connectivity index (χ1) is 9.77. The van der Waals surface area contributed by atoms with Crippen LogP contribution in [0.5, 0.6) is 0 Å². The Kier molecular flexibility index (Phi) is 5.66. The molecule has 21 heavy (non-hydrogen) atoms. The average molecular weight is 296 g/mol. The Hall–Kier alpha value is -2.15. The van der Waals surface area contributed by atoms with Crippen LogP contribution in [-0.2, 0) is 0 Å². The van der Waals surface area contributed by atoms with Crippen molar-refractivity contribution in [1.29, 1.82) is 0 Å². The van der Waals surface area contributed by atoms with Gasteiger partial charge in [0.05, 0.1) is 6.10 Å². The van der Waals surface area contributed by atoms with Crippen LogP contribution >= 0.6 is 0 Å². The number of carboxylic acids is 1. The Bertz CT molecular complexity index is 592. The van der Waals surface area contributed by atoms with E-state index >= 15 is 0 Å². The van der Waals surface area contributed by atoms with E-state index in [1.807, 2.05) is 0 Å². The van der Waals surface area contributed by atoms with E-state index in [1.54, 1.807) is 20.8 Å². The summed E-state index contributed by atoms with van der Waals surface area (Å²) >= 11 is 0. The number of carboxylic acid groups (broad SMARTS) is 1. The van der Waals surface area contributed by atoms with Gasteiger partial charge in [-0.25, -0.2) is 4.79 Å². The van der Waals surface area contributed by atoms with Crippen LogP contribution < -0.4 is 10.7 Å². The molecule has 1 amide bonds. The lowest BCUT2D eigenvalue weighted by molar-refractivity contribution is 0.0694. The largest absolute Gasteiger partial charge is 0.477 e. The van der Waals surface area contributed by atoms with Gasteiger partial charge in [0.15, 0.2) is 0 Å². The molecule has 0 spiro atoms. The van der Waals surface area contributed by atoms with Crippen LogP contribution in [0.4, 0.5) is 0 Å². The van der Waals surface area contributed by atoms with E-state index in [9.17, 15) is 19.5 Å². The van der Waals surface area contributed by atoms with Crippen molar-refractivity contribution in [2.75, 3.05) is 6.54 Å². The molecule has 0 saturated heterocycles. The predicted molar refractivity (Wildman–Crippen MR) is 76.7 cm³/mol. The summed E-state index contributed by atoms with van der Waals surface area (Å²) in [5, 5.41) is 20.9. The summed E-state index contributed by atoms with van der Waals surface area (Å²) < 4.78 is 1.50. The number of nitrogens with zero attached hydrogens (tertiary/aromatic N) is 1. The van der Waals surface area contributed by atoms with Crippen molar-refractivity contribution in [3.63, 3.8) is 0 Å². The molecule has 0 aliphatic heterocycles. The minimum atomic E-state index is -1.38. The summed E-state index contributed by atoms with van der Waals surface area (Å²) in [5.41, 5.74) is -1.53. The molecule has 0 fully saturated rings. The molecule has 1 heterocycles. The van der Waals surface area contributed by atoms with Gasteiger partial charge in [0, 0.05) is 25.0 Å². The smallest absolute Gasteiger partial charge is 0.341 e. The van der Waals surface area contributed by atoms with Crippen molar-refractivity contribution in [2.45, 2.75) is 39.3 Å². The van der Waals surface area contributed by atoms with Gasteiger partial charge >= 0.3 is 5.97 Å². The number of carbonyl (C=O) groups is 2. The average Bonchev–Trinajstić information content (AvgIpc) is 2.43. The van der Waals surface area contributed by atoms with Crippen LogP contribution in [0, 0.1) is 0 Å². The molecule has 116 valence electrons. The van der Waals surface area contributed by atoms with E-state index in [4.69, 9.17) is 5.11 Å². The normalized spacial score (nSPS) is 12.2. The number of amides is 1. The van der Waals surface area contributed by atoms with E-state index in [0.29, 0.717) is 6.42 Å². The van der Waals surface area contributed by atoms with E-state index in [-0.39, 0.29) is 18.2 Å². The highest BCUT2D eigenvalue weighted by atomic mass is 16.4. The van der Waals surface area contributed by atoms with Gasteiger partial charge in [-0.2, -0.15) is 0 Å². The number of pyridine rings is 1. The summed E-state index contributed by atoms with van der Waals surface area (Å²) in [5.74, 6) is -2.07. The fraction of sp³-hybridized carbons (Fsp3) is 0.500. The van der Waals surface area contributed by atoms with Gasteiger partial charge in [-0.1, -0.05) is 6.92 Å². The fourth-order valence-electron chi connectivity index (χ4n) is 1.66. The second-order valence-corrected chi connectivity index (χ2v) is 5.03. The molecular formula is C14H20N2O5. The van der Waals surface area contributed by atoms with Crippen molar-refractivity contribution < 1.29 is 19.8 Å². The maximum absolute atomic E-state index is 12.0. The number of aliphatic hydroxyl groups excluding tert-OH is 1. The third kappa shape index (κ3) is 4.16. The summed E-state index contributed by atoms with van der Waals surface area (Å²) in [7, 11) is 0. The standard InChI is InChI=1S/C14H20N2O5/c1-4-9(17)5-15-13(19)10-6-16(8(2)3)7-11(12(10)18)14(20)21/h6-9,17H,4-5H2,1-3H3,(H,15,19)(H,20,21). The minimum Gasteiger partial charge on any atom is -0.477 e. The number of aliphatic hydroxyl groups is 1. The number of aromatic nitrogens is 1. The molecular weight excluding hydrogens is 276 g/mol. The third-order valence-electron chi connectivity index (χ3n) is 3.09. The molecule has 0 aromatic carbocycles. The summed E-state index contributed by atoms with van der Waals surface area (Å²) in [6.07, 6.45) is 2.30. The predicted octanol–water partition coefficient (Wildman–Crippen LogP) is 0.628. The zero-order chi connectivity index (χ0) is 16.2. The minimum absolute atomic E-state index is 0.00769. The Morgan fingerprint density at radius 2 is 1.86 bits per heavy atom. The lowest BCUT2D eigenvalue weighted by Crippen LogP contribution is -2.36. The maximum Gasteiger partial charge on any atom is 0.341 e. The van der Waals surface area contributed by atoms with Crippen molar-refractivity contribution in [3.8, 4) is 0 Å². The highest BCUT2D eigenvalue weighted by Crippen LogP contribution is 2.07. The number of hydrogen-bond acceptors (Lipinski definition) is 4. The summed E-state index contributed by atoms with van der Waals surface area (Å²) in [6, 6.07) is -0.100. The highest BCUT2D eigenvalue weighted by Gasteiger charge is 2.19. The second-order valence-electron chi connectivity index (χ2n) is 5.03. The molecule has 1 aromatic heterocycles. The lowest BCUT2D eigenvalue weighted by atomic mass is 10.1. The van der Waals surface area contributed by atoms with Crippen molar-refractivity contribution in [3.05, 3.63) is 33.7 Å². The number of carbonyl (C=O) groups excluding carboxylic acids is 1. The van der Waals surface area contributed by atoms with Crippen LogP contribution in [-0.4, -0.2) is 39.3 Å². The Balaban J connectivity index is 3.19. The van der Waals surface area contributed by atoms with Gasteiger partial charge in [0.25, 0.3) is 5.91 Å². The van der Waals surface area contributed by atoms with Crippen molar-refractivity contribution >= 4 is 11.9 Å². The van der Waals surface area contributed by atoms with Crippen LogP contribution in [0.2, 0.25) is 0 Å². The number of nitrogens with one attached hydrogen (secondary N) is 1. The van der Waals surface area contributed by atoms with E-state index in [1.165, 1.54) is 17.0 Å². The Labute approximate surface area is 122 Å². The Morgan fingerprint density at radius 3 is 2.33 bits per heavy atom. The van der Waals surface area contributed by atoms with Crippen molar-refractivity contribution in [1.82, 2.24) is 9.88 Å². The van der Waals surface area contributed by atoms with Crippen LogP contribution in [0.1, 0.15) is 53.9 Å². The van der Waals surface area contributed by atoms with Gasteiger partial charge in [0.2, 0.25) is 5.43 Å². The highest BCUT2D eigenvalue weighted by molar-refractivity contribution is 5.96. The number of rotatable bonds is 6. The first-order valence-corrected chi connectivity index (χ1v) is 6.73. The summed E-state index contributed by atoms with van der Waals surface area (Å²) in [4.78, 5) is 35.1. The molecule has 0 aliphatic carbocycles. The lowest BCUT2D eigenvalue weighted by Gasteiger charge is -2.14. The van der Waals surface area contributed by atoms with Gasteiger partial charge in [-0.3, -0.25) is 9.59 Å². The van der Waals surface area contributed by atoms with Crippen LogP contribution in [0.15, 0.2) is 17.2 Å². The maximum atomic E-state index is 12.0. The van der Waals surface area contributed by atoms with Crippen LogP contribution in [0.3, 0.4) is 0 Å². The van der Waals surface area contributed by atoms with E-state index in [0.717, 1.165) is 0 Å². The zero-order valence-corrected chi connectivity index (χ0v) is 12.3. The molecule has 0 aliphatic rings. The van der Waals surface area contributed by atoms with Crippen molar-refractivity contribution in [2.24, 2.45) is 0 Å². The second kappa shape index (κ2) is 7.03. The molecule has 0 saturated carbocycles. The number of hydrogen-bond donors (Lipinski definition) is 3. The van der Waals surface area contributed by atoms with Crippen LogP contribution in [0.25, 0.3) is 0 Å². The molecule has 1 rings (SSSR count). The van der Waals surface area contributed by atoms with E-state index in [2.05, 4.69) is 5.32 Å². The van der Waals surface area contributed by atoms with Gasteiger partial charge < -0.3 is 20.1 Å². The molecule has 1 atom stereocenters. The molecule has 0 bridgehead atoms. The molecule has 7 nitrogen and oxygen atoms in total. The molecule has 1 aromatic rings. The third-order valence-corrected chi connectivity index (χ3v) is 3.09. The van der Waals surface area contributed by atoms with Gasteiger partial charge in [-0.05, 0) is 20.3 Å². The molecule has 0 radical (unpaired) electrons. The first-order valence-electron chi connectivity index (χ1n) is 6.73. The zero-order valence-electron chi connectivity index (χ0n) is 12.3. The topological polar surface area (TPSA) is 109 Å². The van der Waals surface area contributed by atoms with Gasteiger partial charge in [-0.15, -0.1) is 0 Å². The monoisotopic (exact) mass is 296 g/mol. The van der Waals surface area contributed by atoms with E-state index < -0.39 is 29.0 Å². The SMILES string of the molecule is CCC(O)CNC(=O)c1cn(C(C)C)cc(C(=O)O)c1=O. The summed E-state index contributed by atoms with van der Waals surface area (Å²) in [6.45, 7) is 5.37. The molecule has 1 unspecified atom stereocenters. The Morgan fingerprint density at radius 1 is 1.29 bits per heavy atom. The molecule has 3 N–H and O–H groups in total. The quantitative estimate of drug-likeness (QED) is 0.713.